The standard InChI is InChI=1S/C10H14Cl2N2O2S/c1-3-4-14(2)17(15,16)10-8(12)5-7(11)6-9(10)13/h5-6H,3-4,13H2,1-2H3. The largest absolute Gasteiger partial charge is 0.398 e. The van der Waals surface area contributed by atoms with Crippen molar-refractivity contribution in [2.75, 3.05) is 19.3 Å². The maximum Gasteiger partial charge on any atom is 0.246 e. The van der Waals surface area contributed by atoms with Gasteiger partial charge in [-0.3, -0.25) is 0 Å². The van der Waals surface area contributed by atoms with Crippen LogP contribution in [-0.2, 0) is 10.0 Å². The third kappa shape index (κ3) is 3.04. The number of halogens is 2. The Kier molecular flexibility index (Phi) is 4.66. The van der Waals surface area contributed by atoms with Crippen LogP contribution < -0.4 is 5.73 Å². The van der Waals surface area contributed by atoms with Crippen molar-refractivity contribution in [3.63, 3.8) is 0 Å². The van der Waals surface area contributed by atoms with Crippen molar-refractivity contribution in [3.05, 3.63) is 22.2 Å². The van der Waals surface area contributed by atoms with Crippen molar-refractivity contribution < 1.29 is 8.42 Å². The maximum atomic E-state index is 12.2. The number of nitrogens with two attached hydrogens (primary N) is 1. The van der Waals surface area contributed by atoms with Crippen LogP contribution in [0.15, 0.2) is 17.0 Å². The zero-order valence-corrected chi connectivity index (χ0v) is 11.9. The first-order valence-electron chi connectivity index (χ1n) is 5.01. The van der Waals surface area contributed by atoms with E-state index >= 15 is 0 Å². The number of anilines is 1. The summed E-state index contributed by atoms with van der Waals surface area (Å²) in [6, 6.07) is 2.74. The van der Waals surface area contributed by atoms with Crippen molar-refractivity contribution in [2.45, 2.75) is 18.2 Å². The molecule has 0 aromatic heterocycles. The number of nitrogen functional groups attached to an aromatic ring is 1. The van der Waals surface area contributed by atoms with Gasteiger partial charge in [-0.15, -0.1) is 0 Å². The average molecular weight is 297 g/mol. The summed E-state index contributed by atoms with van der Waals surface area (Å²) in [5.74, 6) is 0. The normalized spacial score (nSPS) is 12.1. The van der Waals surface area contributed by atoms with Crippen LogP contribution in [0.25, 0.3) is 0 Å². The van der Waals surface area contributed by atoms with Gasteiger partial charge >= 0.3 is 0 Å². The van der Waals surface area contributed by atoms with E-state index in [1.54, 1.807) is 0 Å². The van der Waals surface area contributed by atoms with Crippen LogP contribution in [0.1, 0.15) is 13.3 Å². The molecule has 0 amide bonds. The van der Waals surface area contributed by atoms with E-state index in [-0.39, 0.29) is 15.6 Å². The first-order chi connectivity index (χ1) is 7.80. The highest BCUT2D eigenvalue weighted by Crippen LogP contribution is 2.32. The highest BCUT2D eigenvalue weighted by atomic mass is 35.5. The van der Waals surface area contributed by atoms with Crippen LogP contribution in [0.4, 0.5) is 5.69 Å². The Morgan fingerprint density at radius 1 is 1.35 bits per heavy atom. The molecule has 1 aromatic carbocycles. The smallest absolute Gasteiger partial charge is 0.246 e. The van der Waals surface area contributed by atoms with E-state index in [0.29, 0.717) is 18.0 Å². The van der Waals surface area contributed by atoms with E-state index in [1.807, 2.05) is 6.92 Å². The first kappa shape index (κ1) is 14.6. The van der Waals surface area contributed by atoms with E-state index in [2.05, 4.69) is 0 Å². The molecule has 0 aliphatic heterocycles. The maximum absolute atomic E-state index is 12.2. The van der Waals surface area contributed by atoms with Gasteiger partial charge < -0.3 is 5.73 Å². The highest BCUT2D eigenvalue weighted by Gasteiger charge is 2.26. The number of nitrogens with zero attached hydrogens (tertiary/aromatic N) is 1. The molecule has 0 saturated carbocycles. The number of rotatable bonds is 4. The summed E-state index contributed by atoms with van der Waals surface area (Å²) >= 11 is 11.6. The third-order valence-electron chi connectivity index (χ3n) is 2.24. The van der Waals surface area contributed by atoms with Crippen LogP contribution >= 0.6 is 23.2 Å². The summed E-state index contributed by atoms with van der Waals surface area (Å²) in [6.07, 6.45) is 0.709. The van der Waals surface area contributed by atoms with Gasteiger partial charge in [0.05, 0.1) is 10.7 Å². The summed E-state index contributed by atoms with van der Waals surface area (Å²) in [7, 11) is -2.17. The van der Waals surface area contributed by atoms with Crippen LogP contribution in [0.5, 0.6) is 0 Å². The summed E-state index contributed by atoms with van der Waals surface area (Å²) in [4.78, 5) is -0.0838. The molecule has 0 fully saturated rings. The molecule has 0 heterocycles. The molecule has 2 N–H and O–H groups in total. The van der Waals surface area contributed by atoms with Crippen molar-refractivity contribution in [3.8, 4) is 0 Å². The van der Waals surface area contributed by atoms with E-state index < -0.39 is 10.0 Å². The fourth-order valence-electron chi connectivity index (χ4n) is 1.44. The molecule has 17 heavy (non-hydrogen) atoms. The SMILES string of the molecule is CCCN(C)S(=O)(=O)c1c(N)cc(Cl)cc1Cl. The van der Waals surface area contributed by atoms with E-state index in [0.717, 1.165) is 0 Å². The molecule has 7 heteroatoms. The summed E-state index contributed by atoms with van der Waals surface area (Å²) in [5, 5.41) is 0.350. The fourth-order valence-corrected chi connectivity index (χ4v) is 3.64. The molecule has 0 spiro atoms. The van der Waals surface area contributed by atoms with Gasteiger partial charge in [-0.25, -0.2) is 12.7 Å². The molecule has 1 rings (SSSR count). The molecule has 0 bridgehead atoms. The minimum atomic E-state index is -3.66. The molecule has 0 radical (unpaired) electrons. The van der Waals surface area contributed by atoms with Crippen LogP contribution in [0.2, 0.25) is 10.0 Å². The Hall–Kier alpha value is -0.490. The molecule has 0 saturated heterocycles. The van der Waals surface area contributed by atoms with E-state index in [1.165, 1.54) is 23.5 Å². The first-order valence-corrected chi connectivity index (χ1v) is 7.21. The van der Waals surface area contributed by atoms with Gasteiger partial charge in [0.25, 0.3) is 0 Å². The van der Waals surface area contributed by atoms with Gasteiger partial charge in [-0.1, -0.05) is 30.1 Å². The lowest BCUT2D eigenvalue weighted by molar-refractivity contribution is 0.469. The van der Waals surface area contributed by atoms with Crippen molar-refractivity contribution in [1.29, 1.82) is 0 Å². The Labute approximate surface area is 111 Å². The van der Waals surface area contributed by atoms with E-state index in [9.17, 15) is 8.42 Å². The minimum Gasteiger partial charge on any atom is -0.398 e. The second-order valence-corrected chi connectivity index (χ2v) is 6.46. The average Bonchev–Trinajstić information content (AvgIpc) is 2.15. The molecular weight excluding hydrogens is 283 g/mol. The molecule has 0 aliphatic carbocycles. The van der Waals surface area contributed by atoms with Gasteiger partial charge in [-0.05, 0) is 18.6 Å². The Morgan fingerprint density at radius 3 is 2.41 bits per heavy atom. The van der Waals surface area contributed by atoms with Gasteiger partial charge in [-0.2, -0.15) is 0 Å². The number of hydrogen-bond donors (Lipinski definition) is 1. The molecule has 0 aliphatic rings. The van der Waals surface area contributed by atoms with E-state index in [4.69, 9.17) is 28.9 Å². The Balaban J connectivity index is 3.34. The van der Waals surface area contributed by atoms with Gasteiger partial charge in [0.2, 0.25) is 10.0 Å². The highest BCUT2D eigenvalue weighted by molar-refractivity contribution is 7.89. The number of benzene rings is 1. The number of hydrogen-bond acceptors (Lipinski definition) is 3. The summed E-state index contributed by atoms with van der Waals surface area (Å²) in [5.41, 5.74) is 5.73. The Bertz CT molecular complexity index is 494. The van der Waals surface area contributed by atoms with Crippen LogP contribution in [0, 0.1) is 0 Å². The molecule has 1 aromatic rings. The zero-order chi connectivity index (χ0) is 13.2. The predicted octanol–water partition coefficient (Wildman–Crippen LogP) is 2.61. The van der Waals surface area contributed by atoms with Crippen molar-refractivity contribution >= 4 is 38.9 Å². The van der Waals surface area contributed by atoms with Gasteiger partial charge in [0.15, 0.2) is 0 Å². The summed E-state index contributed by atoms with van der Waals surface area (Å²) in [6.45, 7) is 2.29. The van der Waals surface area contributed by atoms with Crippen LogP contribution in [0.3, 0.4) is 0 Å². The molecule has 0 unspecified atom stereocenters. The second-order valence-electron chi connectivity index (χ2n) is 3.63. The zero-order valence-electron chi connectivity index (χ0n) is 9.57. The number of sulfonamides is 1. The Morgan fingerprint density at radius 2 is 1.94 bits per heavy atom. The minimum absolute atomic E-state index is 0.0398. The molecule has 4 nitrogen and oxygen atoms in total. The third-order valence-corrected chi connectivity index (χ3v) is 4.85. The lowest BCUT2D eigenvalue weighted by atomic mass is 10.3. The quantitative estimate of drug-likeness (QED) is 0.869. The fraction of sp³-hybridized carbons (Fsp3) is 0.400. The lowest BCUT2D eigenvalue weighted by Gasteiger charge is -2.18. The van der Waals surface area contributed by atoms with Gasteiger partial charge in [0, 0.05) is 18.6 Å². The monoisotopic (exact) mass is 296 g/mol. The van der Waals surface area contributed by atoms with Crippen molar-refractivity contribution in [1.82, 2.24) is 4.31 Å². The molecule has 0 atom stereocenters. The lowest BCUT2D eigenvalue weighted by Crippen LogP contribution is -2.28. The van der Waals surface area contributed by atoms with Crippen LogP contribution in [-0.4, -0.2) is 26.3 Å². The summed E-state index contributed by atoms with van der Waals surface area (Å²) < 4.78 is 25.6. The second kappa shape index (κ2) is 5.44. The van der Waals surface area contributed by atoms with Crippen molar-refractivity contribution in [2.24, 2.45) is 0 Å². The molecular formula is C10H14Cl2N2O2S. The molecule has 96 valence electrons. The predicted molar refractivity (Wildman–Crippen MR) is 71.0 cm³/mol. The van der Waals surface area contributed by atoms with Gasteiger partial charge in [0.1, 0.15) is 4.90 Å². The topological polar surface area (TPSA) is 63.4 Å².